The molecule has 0 bridgehead atoms. The first-order valence-electron chi connectivity index (χ1n) is 7.98. The highest BCUT2D eigenvalue weighted by molar-refractivity contribution is 7.90. The van der Waals surface area contributed by atoms with Crippen molar-refractivity contribution in [3.63, 3.8) is 0 Å². The Morgan fingerprint density at radius 3 is 2.77 bits per heavy atom. The summed E-state index contributed by atoms with van der Waals surface area (Å²) in [5.74, 6) is -1.09. The summed E-state index contributed by atoms with van der Waals surface area (Å²) in [6, 6.07) is 8.62. The third kappa shape index (κ3) is 3.15. The van der Waals surface area contributed by atoms with Crippen LogP contribution in [-0.2, 0) is 26.9 Å². The topological polar surface area (TPSA) is 97.4 Å². The third-order valence-electron chi connectivity index (χ3n) is 4.24. The maximum atomic E-state index is 13.2. The van der Waals surface area contributed by atoms with Crippen LogP contribution in [0.25, 0.3) is 0 Å². The van der Waals surface area contributed by atoms with E-state index in [1.54, 1.807) is 25.1 Å². The summed E-state index contributed by atoms with van der Waals surface area (Å²) < 4.78 is 45.5. The van der Waals surface area contributed by atoms with Crippen LogP contribution in [0.1, 0.15) is 25.0 Å². The van der Waals surface area contributed by atoms with Crippen LogP contribution >= 0.6 is 0 Å². The van der Waals surface area contributed by atoms with Gasteiger partial charge in [0.15, 0.2) is 5.03 Å². The molecule has 26 heavy (non-hydrogen) atoms. The number of carbonyl (C=O) groups excluding carboxylic acids is 1. The van der Waals surface area contributed by atoms with Gasteiger partial charge in [0.05, 0.1) is 6.61 Å². The van der Waals surface area contributed by atoms with Gasteiger partial charge in [0, 0.05) is 12.1 Å². The van der Waals surface area contributed by atoms with E-state index in [1.807, 2.05) is 11.6 Å². The van der Waals surface area contributed by atoms with Crippen LogP contribution in [-0.4, -0.2) is 25.9 Å². The van der Waals surface area contributed by atoms with Crippen molar-refractivity contribution in [2.24, 2.45) is 0 Å². The number of halogens is 1. The molecular formula is C17H18FN3O4S. The summed E-state index contributed by atoms with van der Waals surface area (Å²) in [7, 11) is -4.30. The lowest BCUT2D eigenvalue weighted by Crippen LogP contribution is -2.50. The van der Waals surface area contributed by atoms with Gasteiger partial charge in [0.1, 0.15) is 11.3 Å². The minimum Gasteiger partial charge on any atom is -0.494 e. The molecule has 2 heterocycles. The van der Waals surface area contributed by atoms with Gasteiger partial charge < -0.3 is 4.74 Å². The van der Waals surface area contributed by atoms with Crippen LogP contribution in [0.5, 0.6) is 5.75 Å². The number of hydrogen-bond donors (Lipinski definition) is 2. The van der Waals surface area contributed by atoms with Crippen LogP contribution in [0, 0.1) is 5.95 Å². The SMILES string of the molecule is CCOc1cccc2c1CNC2(C)C(=O)NS(=O)(=O)c1cccc(F)n1. The molecule has 0 aliphatic carbocycles. The molecule has 2 aromatic rings. The van der Waals surface area contributed by atoms with Crippen molar-refractivity contribution in [1.82, 2.24) is 15.0 Å². The minimum absolute atomic E-state index is 0.355. The lowest BCUT2D eigenvalue weighted by molar-refractivity contribution is -0.125. The number of ether oxygens (including phenoxy) is 1. The standard InChI is InChI=1S/C17H18FN3O4S/c1-3-25-13-7-4-6-12-11(13)10-19-17(12,2)16(22)21-26(23,24)15-9-5-8-14(18)20-15/h4-9,19H,3,10H2,1-2H3,(H,21,22). The van der Waals surface area contributed by atoms with E-state index in [0.717, 1.165) is 17.7 Å². The highest BCUT2D eigenvalue weighted by Crippen LogP contribution is 2.36. The molecule has 0 fully saturated rings. The Kier molecular flexibility index (Phi) is 4.68. The van der Waals surface area contributed by atoms with Crippen molar-refractivity contribution in [3.8, 4) is 5.75 Å². The maximum Gasteiger partial charge on any atom is 0.281 e. The largest absolute Gasteiger partial charge is 0.494 e. The van der Waals surface area contributed by atoms with Crippen molar-refractivity contribution in [1.29, 1.82) is 0 Å². The molecule has 1 unspecified atom stereocenters. The molecule has 3 rings (SSSR count). The lowest BCUT2D eigenvalue weighted by atomic mass is 9.91. The van der Waals surface area contributed by atoms with E-state index in [1.165, 1.54) is 6.07 Å². The number of nitrogens with zero attached hydrogens (tertiary/aromatic N) is 1. The minimum atomic E-state index is -4.30. The van der Waals surface area contributed by atoms with Crippen molar-refractivity contribution >= 4 is 15.9 Å². The van der Waals surface area contributed by atoms with Gasteiger partial charge in [-0.2, -0.15) is 12.8 Å². The Morgan fingerprint density at radius 2 is 2.08 bits per heavy atom. The first kappa shape index (κ1) is 18.3. The van der Waals surface area contributed by atoms with Crippen LogP contribution in [0.4, 0.5) is 4.39 Å². The van der Waals surface area contributed by atoms with Gasteiger partial charge in [-0.05, 0) is 37.6 Å². The number of sulfonamides is 1. The fourth-order valence-corrected chi connectivity index (χ4v) is 3.90. The smallest absolute Gasteiger partial charge is 0.281 e. The second-order valence-corrected chi connectivity index (χ2v) is 7.56. The number of pyridine rings is 1. The highest BCUT2D eigenvalue weighted by Gasteiger charge is 2.43. The number of amides is 1. The number of nitrogens with one attached hydrogen (secondary N) is 2. The molecule has 1 atom stereocenters. The van der Waals surface area contributed by atoms with Gasteiger partial charge in [0.2, 0.25) is 5.95 Å². The summed E-state index contributed by atoms with van der Waals surface area (Å²) in [6.45, 7) is 4.26. The Labute approximate surface area is 150 Å². The molecule has 0 saturated heterocycles. The van der Waals surface area contributed by atoms with E-state index in [0.29, 0.717) is 24.5 Å². The Morgan fingerprint density at radius 1 is 1.35 bits per heavy atom. The van der Waals surface area contributed by atoms with Gasteiger partial charge in [-0.3, -0.25) is 10.1 Å². The lowest BCUT2D eigenvalue weighted by Gasteiger charge is -2.24. The molecule has 0 radical (unpaired) electrons. The van der Waals surface area contributed by atoms with Crippen molar-refractivity contribution < 1.29 is 22.3 Å². The molecule has 1 aromatic carbocycles. The first-order valence-corrected chi connectivity index (χ1v) is 9.46. The molecule has 0 spiro atoms. The number of rotatable bonds is 5. The van der Waals surface area contributed by atoms with Gasteiger partial charge >= 0.3 is 0 Å². The van der Waals surface area contributed by atoms with E-state index in [2.05, 4.69) is 10.3 Å². The summed E-state index contributed by atoms with van der Waals surface area (Å²) in [5.41, 5.74) is 0.152. The average molecular weight is 379 g/mol. The summed E-state index contributed by atoms with van der Waals surface area (Å²) >= 11 is 0. The fraction of sp³-hybridized carbons (Fsp3) is 0.294. The number of benzene rings is 1. The van der Waals surface area contributed by atoms with Gasteiger partial charge in [-0.25, -0.2) is 9.71 Å². The van der Waals surface area contributed by atoms with Gasteiger partial charge in [-0.15, -0.1) is 0 Å². The zero-order valence-electron chi connectivity index (χ0n) is 14.2. The molecule has 1 aliphatic rings. The zero-order chi connectivity index (χ0) is 18.9. The van der Waals surface area contributed by atoms with Crippen molar-refractivity contribution in [2.75, 3.05) is 6.61 Å². The Bertz CT molecular complexity index is 964. The summed E-state index contributed by atoms with van der Waals surface area (Å²) in [6.07, 6.45) is 0. The van der Waals surface area contributed by atoms with E-state index in [9.17, 15) is 17.6 Å². The second-order valence-electron chi connectivity index (χ2n) is 5.93. The van der Waals surface area contributed by atoms with Crippen LogP contribution in [0.2, 0.25) is 0 Å². The highest BCUT2D eigenvalue weighted by atomic mass is 32.2. The monoisotopic (exact) mass is 379 g/mol. The van der Waals surface area contributed by atoms with E-state index in [-0.39, 0.29) is 0 Å². The third-order valence-corrected chi connectivity index (χ3v) is 5.47. The molecule has 1 aliphatic heterocycles. The fourth-order valence-electron chi connectivity index (χ4n) is 2.89. The van der Waals surface area contributed by atoms with Crippen LogP contribution in [0.15, 0.2) is 41.4 Å². The molecule has 0 saturated carbocycles. The molecule has 1 aromatic heterocycles. The Hall–Kier alpha value is -2.52. The van der Waals surface area contributed by atoms with Crippen LogP contribution < -0.4 is 14.8 Å². The second kappa shape index (κ2) is 6.65. The molecule has 9 heteroatoms. The number of aromatic nitrogens is 1. The summed E-state index contributed by atoms with van der Waals surface area (Å²) in [4.78, 5) is 16.1. The molecule has 2 N–H and O–H groups in total. The average Bonchev–Trinajstić information content (AvgIpc) is 2.95. The van der Waals surface area contributed by atoms with E-state index < -0.39 is 32.4 Å². The van der Waals surface area contributed by atoms with E-state index >= 15 is 0 Å². The number of fused-ring (bicyclic) bond motifs is 1. The predicted octanol–water partition coefficient (Wildman–Crippen LogP) is 1.44. The predicted molar refractivity (Wildman–Crippen MR) is 91.3 cm³/mol. The molecule has 138 valence electrons. The van der Waals surface area contributed by atoms with E-state index in [4.69, 9.17) is 4.74 Å². The van der Waals surface area contributed by atoms with Crippen molar-refractivity contribution in [3.05, 3.63) is 53.5 Å². The molecular weight excluding hydrogens is 361 g/mol. The van der Waals surface area contributed by atoms with Gasteiger partial charge in [-0.1, -0.05) is 18.2 Å². The molecule has 1 amide bonds. The van der Waals surface area contributed by atoms with Gasteiger partial charge in [0.25, 0.3) is 15.9 Å². The normalized spacial score (nSPS) is 19.0. The first-order chi connectivity index (χ1) is 12.3. The van der Waals surface area contributed by atoms with Crippen LogP contribution in [0.3, 0.4) is 0 Å². The Balaban J connectivity index is 1.91. The molecule has 7 nitrogen and oxygen atoms in total. The zero-order valence-corrected chi connectivity index (χ0v) is 15.1. The quantitative estimate of drug-likeness (QED) is 0.763. The maximum absolute atomic E-state index is 13.2. The number of hydrogen-bond acceptors (Lipinski definition) is 6. The van der Waals surface area contributed by atoms with Crippen molar-refractivity contribution in [2.45, 2.75) is 31.0 Å². The number of carbonyl (C=O) groups is 1. The summed E-state index contributed by atoms with van der Waals surface area (Å²) in [5, 5.41) is 2.47.